The molecule has 0 bridgehead atoms. The first-order valence-corrected chi connectivity index (χ1v) is 39.9. The van der Waals surface area contributed by atoms with Crippen molar-refractivity contribution in [1.29, 1.82) is 0 Å². The van der Waals surface area contributed by atoms with E-state index >= 15 is 0 Å². The molecule has 22 aromatic rings. The summed E-state index contributed by atoms with van der Waals surface area (Å²) < 4.78 is 17.9. The van der Waals surface area contributed by atoms with E-state index in [4.69, 9.17) is 0 Å². The Balaban J connectivity index is 0.678. The van der Waals surface area contributed by atoms with Crippen LogP contribution >= 0.6 is 22.7 Å². The van der Waals surface area contributed by atoms with Crippen LogP contribution in [0.4, 0.5) is 0 Å². The van der Waals surface area contributed by atoms with Crippen LogP contribution < -0.4 is 0 Å². The lowest BCUT2D eigenvalue weighted by molar-refractivity contribution is 0.661. The van der Waals surface area contributed by atoms with Crippen LogP contribution in [-0.2, 0) is 10.8 Å². The van der Waals surface area contributed by atoms with Crippen LogP contribution in [0, 0.1) is 0 Å². The Morgan fingerprint density at radius 3 is 1.40 bits per heavy atom. The molecule has 0 radical (unpaired) electrons. The lowest BCUT2D eigenvalue weighted by Gasteiger charge is -2.25. The molecule has 0 atom stereocenters. The van der Waals surface area contributed by atoms with E-state index < -0.39 is 0 Å². The maximum atomic E-state index is 4.63. The Hall–Kier alpha value is -13.0. The van der Waals surface area contributed by atoms with Crippen molar-refractivity contribution in [3.63, 3.8) is 0 Å². The van der Waals surface area contributed by atoms with E-state index in [1.807, 2.05) is 22.7 Å². The average Bonchev–Trinajstić information content (AvgIpc) is 1.51. The van der Waals surface area contributed by atoms with E-state index in [0.29, 0.717) is 0 Å². The zero-order valence-electron chi connectivity index (χ0n) is 61.3. The molecule has 0 fully saturated rings. The number of thiophene rings is 2. The summed E-state index contributed by atoms with van der Waals surface area (Å²) in [6.45, 7) is 16.5. The fourth-order valence-electron chi connectivity index (χ4n) is 20.6. The molecule has 110 heavy (non-hydrogen) atoms. The van der Waals surface area contributed by atoms with Crippen molar-refractivity contribution in [2.24, 2.45) is 0 Å². The van der Waals surface area contributed by atoms with Crippen LogP contribution in [0.3, 0.4) is 0 Å². The van der Waals surface area contributed by atoms with Crippen molar-refractivity contribution in [2.75, 3.05) is 0 Å². The molecule has 0 saturated heterocycles. The van der Waals surface area contributed by atoms with Crippen molar-refractivity contribution >= 4 is 178 Å². The SMILES string of the molecule is C=CC1=C(/C=C\C)C(C)(C)c2c1c1c(c3ccccc3n1-c1ccc(-n3c4ccccc4c4ccccc43)cc1)c1c2c2ccccc2n1-c1ccc2sc3cc(-c4ccc5sc6c(-n7c8ccccc8c8c7c7c(c9c%10ccccc%10n(-c%10ccccc%10)c98)C(C)(C)c8ccccc8-7)cccc6c5c4)ccc3c2c1. The van der Waals surface area contributed by atoms with Gasteiger partial charge in [-0.2, -0.15) is 0 Å². The number of hydrogen-bond donors (Lipinski definition) is 0. The summed E-state index contributed by atoms with van der Waals surface area (Å²) in [6, 6.07) is 112. The van der Waals surface area contributed by atoms with Crippen molar-refractivity contribution in [3.05, 3.63) is 350 Å². The van der Waals surface area contributed by atoms with E-state index in [1.54, 1.807) is 0 Å². The lowest BCUT2D eigenvalue weighted by Crippen LogP contribution is -2.17. The first-order chi connectivity index (χ1) is 54.1. The monoisotopic (exact) mass is 1440 g/mol. The van der Waals surface area contributed by atoms with Gasteiger partial charge in [0, 0.05) is 134 Å². The largest absolute Gasteiger partial charge is 0.309 e. The summed E-state index contributed by atoms with van der Waals surface area (Å²) in [7, 11) is 0. The highest BCUT2D eigenvalue weighted by molar-refractivity contribution is 7.26. The van der Waals surface area contributed by atoms with E-state index in [9.17, 15) is 0 Å². The van der Waals surface area contributed by atoms with E-state index in [0.717, 1.165) is 28.3 Å². The van der Waals surface area contributed by atoms with Crippen molar-refractivity contribution < 1.29 is 0 Å². The molecule has 15 aromatic carbocycles. The van der Waals surface area contributed by atoms with Gasteiger partial charge in [-0.25, -0.2) is 0 Å². The fraction of sp³-hybridized carbons (Fsp3) is 0.0680. The quantitative estimate of drug-likeness (QED) is 0.145. The van der Waals surface area contributed by atoms with Crippen molar-refractivity contribution in [2.45, 2.75) is 45.4 Å². The summed E-state index contributed by atoms with van der Waals surface area (Å²) in [4.78, 5) is 0. The number of rotatable bonds is 8. The van der Waals surface area contributed by atoms with Gasteiger partial charge in [0.1, 0.15) is 0 Å². The van der Waals surface area contributed by atoms with Crippen LogP contribution in [-0.4, -0.2) is 22.8 Å². The molecule has 0 unspecified atom stereocenters. The molecule has 0 N–H and O–H groups in total. The van der Waals surface area contributed by atoms with E-state index in [2.05, 4.69) is 380 Å². The van der Waals surface area contributed by atoms with Gasteiger partial charge < -0.3 is 22.8 Å². The molecule has 0 amide bonds. The first-order valence-electron chi connectivity index (χ1n) is 38.3. The van der Waals surface area contributed by atoms with Crippen LogP contribution in [0.25, 0.3) is 206 Å². The van der Waals surface area contributed by atoms with Gasteiger partial charge in [0.2, 0.25) is 0 Å². The number of para-hydroxylation sites is 7. The third-order valence-electron chi connectivity index (χ3n) is 25.1. The highest BCUT2D eigenvalue weighted by atomic mass is 32.1. The van der Waals surface area contributed by atoms with Gasteiger partial charge in [0.25, 0.3) is 0 Å². The van der Waals surface area contributed by atoms with Gasteiger partial charge in [0.15, 0.2) is 0 Å². The number of aromatic nitrogens is 5. The molecule has 2 aliphatic carbocycles. The number of hydrogen-bond acceptors (Lipinski definition) is 2. The number of benzene rings is 15. The Bertz CT molecular complexity index is 7920. The molecule has 24 rings (SSSR count). The minimum absolute atomic E-state index is 0.281. The second-order valence-electron chi connectivity index (χ2n) is 31.3. The summed E-state index contributed by atoms with van der Waals surface area (Å²) in [5, 5.41) is 17.7. The highest BCUT2D eigenvalue weighted by Crippen LogP contribution is 2.61. The van der Waals surface area contributed by atoms with E-state index in [-0.39, 0.29) is 10.8 Å². The third-order valence-corrected chi connectivity index (χ3v) is 27.4. The molecule has 7 aromatic heterocycles. The van der Waals surface area contributed by atoms with Crippen LogP contribution in [0.2, 0.25) is 0 Å². The van der Waals surface area contributed by atoms with Crippen molar-refractivity contribution in [1.82, 2.24) is 22.8 Å². The number of fused-ring (bicyclic) bond motifs is 31. The van der Waals surface area contributed by atoms with Crippen LogP contribution in [0.15, 0.2) is 328 Å². The summed E-state index contributed by atoms with van der Waals surface area (Å²) >= 11 is 3.80. The lowest BCUT2D eigenvalue weighted by atomic mass is 9.78. The molecule has 2 aliphatic rings. The predicted octanol–water partition coefficient (Wildman–Crippen LogP) is 28.7. The fourth-order valence-corrected chi connectivity index (χ4v) is 22.9. The summed E-state index contributed by atoms with van der Waals surface area (Å²) in [5.74, 6) is 0. The number of nitrogens with zero attached hydrogens (tertiary/aromatic N) is 5. The molecule has 0 spiro atoms. The minimum atomic E-state index is -0.385. The van der Waals surface area contributed by atoms with Gasteiger partial charge >= 0.3 is 0 Å². The Morgan fingerprint density at radius 1 is 0.318 bits per heavy atom. The molecular formula is C103H69N5S2. The van der Waals surface area contributed by atoms with Gasteiger partial charge in [-0.3, -0.25) is 0 Å². The molecule has 7 heterocycles. The average molecular weight is 1440 g/mol. The second kappa shape index (κ2) is 22.3. The zero-order valence-corrected chi connectivity index (χ0v) is 62.9. The van der Waals surface area contributed by atoms with Crippen molar-refractivity contribution in [3.8, 4) is 50.7 Å². The highest BCUT2D eigenvalue weighted by Gasteiger charge is 2.44. The Labute approximate surface area is 641 Å². The molecule has 0 aliphatic heterocycles. The van der Waals surface area contributed by atoms with Crippen LogP contribution in [0.5, 0.6) is 0 Å². The van der Waals surface area contributed by atoms with Gasteiger partial charge in [-0.05, 0) is 167 Å². The molecular weight excluding hydrogens is 1370 g/mol. The van der Waals surface area contributed by atoms with E-state index in [1.165, 1.54) is 205 Å². The van der Waals surface area contributed by atoms with Gasteiger partial charge in [-0.1, -0.05) is 234 Å². The normalized spacial score (nSPS) is 14.2. The maximum absolute atomic E-state index is 4.63. The maximum Gasteiger partial charge on any atom is 0.0644 e. The smallest absolute Gasteiger partial charge is 0.0644 e. The topological polar surface area (TPSA) is 24.6 Å². The van der Waals surface area contributed by atoms with Crippen LogP contribution in [0.1, 0.15) is 56.9 Å². The second-order valence-corrected chi connectivity index (χ2v) is 33.4. The summed E-state index contributed by atoms with van der Waals surface area (Å²) in [5.41, 5.74) is 30.0. The minimum Gasteiger partial charge on any atom is -0.309 e. The number of allylic oxidation sites excluding steroid dienone is 5. The predicted molar refractivity (Wildman–Crippen MR) is 472 cm³/mol. The Morgan fingerprint density at radius 2 is 0.773 bits per heavy atom. The molecule has 7 heteroatoms. The Kier molecular flexibility index (Phi) is 12.6. The third kappa shape index (κ3) is 7.99. The molecule has 518 valence electrons. The molecule has 5 nitrogen and oxygen atoms in total. The standard InChI is InChI=1S/C103H69N5S2/c1-7-27-77-65(8-2)89-95(102(77,3)4)91-72-34-16-23-42-82(72)107(99(91)93-73-35-17-24-43-83(73)106(97(89)93)63-50-48-62(49-51-63)104-79-39-20-13-30-66(79)67-31-14-21-40-80(67)104)64-52-55-86-76(58-64)68-53-46-60(57-88(68)109-86)59-47-54-87-75(56-59)69-37-26-45-85(101(69)110-87)108-84-44-25-18-36-74(84)94-98-92(71-33-15-22-41-81(71)105(98)61-28-10-9-11-29-61)96-90(100(94)108)70-32-12-19-38-78(70)103(96,5)6/h7-58H,2H2,1,3-6H3/b27-7-. The first kappa shape index (κ1) is 62.0. The van der Waals surface area contributed by atoms with Gasteiger partial charge in [-0.15, -0.1) is 22.7 Å². The summed E-state index contributed by atoms with van der Waals surface area (Å²) in [6.07, 6.45) is 6.66. The molecule has 0 saturated carbocycles. The zero-order chi connectivity index (χ0) is 72.9. The van der Waals surface area contributed by atoms with Gasteiger partial charge in [0.05, 0.1) is 65.6 Å².